The predicted molar refractivity (Wildman–Crippen MR) is 104 cm³/mol. The van der Waals surface area contributed by atoms with Gasteiger partial charge in [-0.25, -0.2) is 14.8 Å². The molecule has 0 aliphatic rings. The number of carbonyl (C=O) groups is 1. The fourth-order valence-electron chi connectivity index (χ4n) is 2.38. The maximum atomic E-state index is 11.6. The Morgan fingerprint density at radius 3 is 2.29 bits per heavy atom. The van der Waals surface area contributed by atoms with Crippen molar-refractivity contribution in [3.63, 3.8) is 0 Å². The molecule has 0 saturated carbocycles. The Hall–Kier alpha value is -3.72. The van der Waals surface area contributed by atoms with E-state index in [2.05, 4.69) is 25.3 Å². The van der Waals surface area contributed by atoms with Gasteiger partial charge in [0.05, 0.1) is 17.6 Å². The number of hydrogen-bond acceptors (Lipinski definition) is 8. The van der Waals surface area contributed by atoms with Gasteiger partial charge in [-0.15, -0.1) is 0 Å². The van der Waals surface area contributed by atoms with Crippen LogP contribution in [0.15, 0.2) is 54.9 Å². The second-order valence-electron chi connectivity index (χ2n) is 5.51. The minimum atomic E-state index is -0.585. The Kier molecular flexibility index (Phi) is 5.66. The zero-order chi connectivity index (χ0) is 20.1. The highest BCUT2D eigenvalue weighted by Gasteiger charge is 2.23. The molecule has 0 aliphatic heterocycles. The number of aromatic nitrogens is 2. The first-order valence-corrected chi connectivity index (χ1v) is 8.33. The molecule has 9 nitrogen and oxygen atoms in total. The minimum Gasteiger partial charge on any atom is -0.465 e. The third-order valence-corrected chi connectivity index (χ3v) is 3.90. The summed E-state index contributed by atoms with van der Waals surface area (Å²) in [6.45, 7) is 0. The summed E-state index contributed by atoms with van der Waals surface area (Å²) in [5, 5.41) is 17.8. The monoisotopic (exact) mass is 399 g/mol. The van der Waals surface area contributed by atoms with Crippen molar-refractivity contribution in [2.75, 3.05) is 17.7 Å². The van der Waals surface area contributed by atoms with Crippen LogP contribution in [0, 0.1) is 10.1 Å². The average Bonchev–Trinajstić information content (AvgIpc) is 2.68. The molecular weight excluding hydrogens is 386 g/mol. The standard InChI is InChI=1S/C18H14ClN5O4/c1-28-18(25)11-5-7-13(8-6-11)22-16-15(24(26)27)17(21-10-20-16)23-14-4-2-3-12(19)9-14/h2-10H,1H3,(H2,20,21,22,23). The summed E-state index contributed by atoms with van der Waals surface area (Å²) in [7, 11) is 1.28. The molecular formula is C18H14ClN5O4. The van der Waals surface area contributed by atoms with Gasteiger partial charge in [0.15, 0.2) is 0 Å². The number of nitrogens with zero attached hydrogens (tertiary/aromatic N) is 3. The Balaban J connectivity index is 1.91. The maximum absolute atomic E-state index is 11.6. The summed E-state index contributed by atoms with van der Waals surface area (Å²) in [4.78, 5) is 30.5. The van der Waals surface area contributed by atoms with Gasteiger partial charge in [0, 0.05) is 16.4 Å². The Morgan fingerprint density at radius 1 is 1.07 bits per heavy atom. The van der Waals surface area contributed by atoms with E-state index in [-0.39, 0.29) is 17.3 Å². The van der Waals surface area contributed by atoms with E-state index < -0.39 is 10.9 Å². The van der Waals surface area contributed by atoms with Crippen molar-refractivity contribution in [2.24, 2.45) is 0 Å². The highest BCUT2D eigenvalue weighted by atomic mass is 35.5. The van der Waals surface area contributed by atoms with Crippen LogP contribution >= 0.6 is 11.6 Å². The molecule has 1 aromatic heterocycles. The topological polar surface area (TPSA) is 119 Å². The van der Waals surface area contributed by atoms with Gasteiger partial charge in [-0.05, 0) is 42.5 Å². The van der Waals surface area contributed by atoms with Crippen LogP contribution in [0.25, 0.3) is 0 Å². The van der Waals surface area contributed by atoms with Crippen molar-refractivity contribution in [3.05, 3.63) is 75.6 Å². The van der Waals surface area contributed by atoms with Crippen molar-refractivity contribution in [3.8, 4) is 0 Å². The van der Waals surface area contributed by atoms with E-state index in [1.54, 1.807) is 36.4 Å². The molecule has 3 aromatic rings. The number of nitrogens with one attached hydrogen (secondary N) is 2. The first-order chi connectivity index (χ1) is 13.5. The quantitative estimate of drug-likeness (QED) is 0.357. The number of anilines is 4. The molecule has 0 aliphatic carbocycles. The van der Waals surface area contributed by atoms with Crippen molar-refractivity contribution >= 4 is 46.3 Å². The Labute approximate surface area is 164 Å². The third kappa shape index (κ3) is 4.33. The normalized spacial score (nSPS) is 10.2. The van der Waals surface area contributed by atoms with Crippen molar-refractivity contribution < 1.29 is 14.5 Å². The highest BCUT2D eigenvalue weighted by molar-refractivity contribution is 6.30. The molecule has 1 heterocycles. The van der Waals surface area contributed by atoms with Crippen LogP contribution in [0.2, 0.25) is 5.02 Å². The van der Waals surface area contributed by atoms with Crippen LogP contribution in [0.1, 0.15) is 10.4 Å². The summed E-state index contributed by atoms with van der Waals surface area (Å²) in [6.07, 6.45) is 1.20. The average molecular weight is 400 g/mol. The van der Waals surface area contributed by atoms with E-state index >= 15 is 0 Å². The van der Waals surface area contributed by atoms with Gasteiger partial charge in [0.1, 0.15) is 6.33 Å². The smallest absolute Gasteiger partial charge is 0.353 e. The number of nitro groups is 1. The van der Waals surface area contributed by atoms with Crippen LogP contribution in [0.5, 0.6) is 0 Å². The molecule has 0 unspecified atom stereocenters. The first kappa shape index (κ1) is 19.1. The van der Waals surface area contributed by atoms with E-state index in [1.165, 1.54) is 25.6 Å². The van der Waals surface area contributed by atoms with Gasteiger partial charge in [-0.1, -0.05) is 17.7 Å². The fourth-order valence-corrected chi connectivity index (χ4v) is 2.57. The molecule has 0 fully saturated rings. The van der Waals surface area contributed by atoms with Crippen molar-refractivity contribution in [2.45, 2.75) is 0 Å². The molecule has 0 saturated heterocycles. The van der Waals surface area contributed by atoms with E-state index in [1.807, 2.05) is 0 Å². The van der Waals surface area contributed by atoms with Crippen LogP contribution in [-0.4, -0.2) is 28.0 Å². The number of carbonyl (C=O) groups excluding carboxylic acids is 1. The van der Waals surface area contributed by atoms with E-state index in [0.29, 0.717) is 22.0 Å². The van der Waals surface area contributed by atoms with Crippen molar-refractivity contribution in [1.82, 2.24) is 9.97 Å². The summed E-state index contributed by atoms with van der Waals surface area (Å²) < 4.78 is 4.64. The predicted octanol–water partition coefficient (Wildman–Crippen LogP) is 4.31. The minimum absolute atomic E-state index is 0.00431. The lowest BCUT2D eigenvalue weighted by Gasteiger charge is -2.10. The molecule has 0 bridgehead atoms. The lowest BCUT2D eigenvalue weighted by Crippen LogP contribution is -2.06. The molecule has 10 heteroatoms. The molecule has 2 aromatic carbocycles. The lowest BCUT2D eigenvalue weighted by molar-refractivity contribution is -0.383. The molecule has 0 spiro atoms. The van der Waals surface area contributed by atoms with Gasteiger partial charge in [-0.3, -0.25) is 10.1 Å². The van der Waals surface area contributed by atoms with Crippen LogP contribution in [0.3, 0.4) is 0 Å². The Bertz CT molecular complexity index is 1030. The molecule has 2 N–H and O–H groups in total. The van der Waals surface area contributed by atoms with E-state index in [9.17, 15) is 14.9 Å². The molecule has 0 radical (unpaired) electrons. The van der Waals surface area contributed by atoms with Gasteiger partial charge >= 0.3 is 11.7 Å². The van der Waals surface area contributed by atoms with Gasteiger partial charge in [0.2, 0.25) is 11.6 Å². The molecule has 142 valence electrons. The zero-order valence-electron chi connectivity index (χ0n) is 14.5. The number of halogens is 1. The number of methoxy groups -OCH3 is 1. The van der Waals surface area contributed by atoms with E-state index in [0.717, 1.165) is 0 Å². The van der Waals surface area contributed by atoms with Crippen LogP contribution < -0.4 is 10.6 Å². The summed E-state index contributed by atoms with van der Waals surface area (Å²) >= 11 is 5.95. The number of esters is 1. The Morgan fingerprint density at radius 2 is 1.71 bits per heavy atom. The zero-order valence-corrected chi connectivity index (χ0v) is 15.3. The van der Waals surface area contributed by atoms with Crippen LogP contribution in [-0.2, 0) is 4.74 Å². The first-order valence-electron chi connectivity index (χ1n) is 7.95. The molecule has 3 rings (SSSR count). The maximum Gasteiger partial charge on any atom is 0.353 e. The molecule has 0 atom stereocenters. The van der Waals surface area contributed by atoms with Gasteiger partial charge in [0.25, 0.3) is 0 Å². The second-order valence-corrected chi connectivity index (χ2v) is 5.94. The van der Waals surface area contributed by atoms with Crippen molar-refractivity contribution in [1.29, 1.82) is 0 Å². The molecule has 0 amide bonds. The van der Waals surface area contributed by atoms with E-state index in [4.69, 9.17) is 11.6 Å². The second kappa shape index (κ2) is 8.31. The lowest BCUT2D eigenvalue weighted by atomic mass is 10.2. The summed E-state index contributed by atoms with van der Waals surface area (Å²) in [5.41, 5.74) is 1.07. The van der Waals surface area contributed by atoms with Gasteiger partial charge in [-0.2, -0.15) is 0 Å². The number of rotatable bonds is 6. The number of hydrogen-bond donors (Lipinski definition) is 2. The summed E-state index contributed by atoms with van der Waals surface area (Å²) in [6, 6.07) is 13.0. The third-order valence-electron chi connectivity index (χ3n) is 3.66. The van der Waals surface area contributed by atoms with Gasteiger partial charge < -0.3 is 15.4 Å². The molecule has 28 heavy (non-hydrogen) atoms. The van der Waals surface area contributed by atoms with Crippen LogP contribution in [0.4, 0.5) is 28.7 Å². The fraction of sp³-hybridized carbons (Fsp3) is 0.0556. The SMILES string of the molecule is COC(=O)c1ccc(Nc2ncnc(Nc3cccc(Cl)c3)c2[N+](=O)[O-])cc1. The highest BCUT2D eigenvalue weighted by Crippen LogP contribution is 2.33. The summed E-state index contributed by atoms with van der Waals surface area (Å²) in [5.74, 6) is -0.473. The number of ether oxygens (including phenoxy) is 1. The largest absolute Gasteiger partial charge is 0.465 e. The number of benzene rings is 2.